The number of halogens is 2. The quantitative estimate of drug-likeness (QED) is 0.292. The molecule has 0 saturated heterocycles. The van der Waals surface area contributed by atoms with Gasteiger partial charge in [-0.1, -0.05) is 93.4 Å². The zero-order valence-corrected chi connectivity index (χ0v) is 26.5. The molecule has 0 bridgehead atoms. The highest BCUT2D eigenvalue weighted by Crippen LogP contribution is 2.55. The lowest BCUT2D eigenvalue weighted by molar-refractivity contribution is -0.119. The van der Waals surface area contributed by atoms with Gasteiger partial charge in [-0.25, -0.2) is 0 Å². The molecule has 0 amide bonds. The molecule has 4 nitrogen and oxygen atoms in total. The minimum absolute atomic E-state index is 0.0948. The van der Waals surface area contributed by atoms with E-state index in [9.17, 15) is 9.59 Å². The van der Waals surface area contributed by atoms with Crippen molar-refractivity contribution in [1.29, 1.82) is 0 Å². The molecular formula is C36H37Cl2NO3. The number of hydrogen-bond donors (Lipinski definition) is 0. The van der Waals surface area contributed by atoms with E-state index in [1.54, 1.807) is 0 Å². The van der Waals surface area contributed by atoms with Crippen molar-refractivity contribution in [2.75, 3.05) is 6.54 Å². The first kappa shape index (κ1) is 29.0. The summed E-state index contributed by atoms with van der Waals surface area (Å²) < 4.78 is 6.22. The number of carbonyl (C=O) groups is 2. The monoisotopic (exact) mass is 601 g/mol. The molecule has 218 valence electrons. The molecule has 2 aliphatic carbocycles. The number of ketones is 2. The summed E-state index contributed by atoms with van der Waals surface area (Å²) in [6.45, 7) is 11.7. The third kappa shape index (κ3) is 5.07. The number of allylic oxidation sites excluding steroid dienone is 4. The van der Waals surface area contributed by atoms with Crippen molar-refractivity contribution in [1.82, 2.24) is 4.90 Å². The van der Waals surface area contributed by atoms with Gasteiger partial charge in [0.25, 0.3) is 0 Å². The molecule has 1 heterocycles. The Morgan fingerprint density at radius 2 is 1.36 bits per heavy atom. The maximum Gasteiger partial charge on any atom is 0.162 e. The summed E-state index contributed by atoms with van der Waals surface area (Å²) in [5.74, 6) is 0.0959. The van der Waals surface area contributed by atoms with E-state index < -0.39 is 5.92 Å². The summed E-state index contributed by atoms with van der Waals surface area (Å²) in [5.41, 5.74) is 5.00. The van der Waals surface area contributed by atoms with Gasteiger partial charge in [0.15, 0.2) is 17.3 Å². The Morgan fingerprint density at radius 3 is 1.93 bits per heavy atom. The second-order valence-electron chi connectivity index (χ2n) is 13.5. The van der Waals surface area contributed by atoms with E-state index in [4.69, 9.17) is 27.9 Å². The fraction of sp³-hybridized carbons (Fsp3) is 0.389. The number of nitrogens with zero attached hydrogens (tertiary/aromatic N) is 1. The molecule has 0 N–H and O–H groups in total. The highest BCUT2D eigenvalue weighted by molar-refractivity contribution is 6.37. The molecule has 42 heavy (non-hydrogen) atoms. The van der Waals surface area contributed by atoms with Crippen molar-refractivity contribution >= 4 is 45.5 Å². The van der Waals surface area contributed by atoms with E-state index >= 15 is 0 Å². The van der Waals surface area contributed by atoms with Crippen LogP contribution in [0.2, 0.25) is 10.0 Å². The second-order valence-corrected chi connectivity index (χ2v) is 14.3. The molecule has 0 spiro atoms. The minimum Gasteiger partial charge on any atom is -0.486 e. The Morgan fingerprint density at radius 1 is 0.810 bits per heavy atom. The van der Waals surface area contributed by atoms with Crippen molar-refractivity contribution in [3.63, 3.8) is 0 Å². The predicted molar refractivity (Wildman–Crippen MR) is 170 cm³/mol. The molecule has 6 heteroatoms. The molecule has 1 aliphatic heterocycles. The Hall–Kier alpha value is -3.08. The number of hydrogen-bond acceptors (Lipinski definition) is 4. The SMILES string of the molecule is CCN1C2=C(C(=O)CC(C)(C)C2)C(c2cc(Cl)c(OCc3cccc4ccccc34)c(Cl)c2)C2=C1CC(C)(C)CC2=O. The molecule has 6 rings (SSSR count). The van der Waals surface area contributed by atoms with Crippen molar-refractivity contribution in [2.45, 2.75) is 72.8 Å². The van der Waals surface area contributed by atoms with Crippen LogP contribution in [0.3, 0.4) is 0 Å². The Bertz CT molecular complexity index is 1610. The lowest BCUT2D eigenvalue weighted by Gasteiger charge is -2.49. The summed E-state index contributed by atoms with van der Waals surface area (Å²) in [6.07, 6.45) is 2.43. The standard InChI is InChI=1S/C36H37Cl2NO3/c1-6-39-27-16-35(2,3)18-29(40)32(27)31(33-28(39)17-36(4,5)19-30(33)41)23-14-25(37)34(26(38)15-23)42-20-22-12-9-11-21-10-7-8-13-24(21)22/h7-15,31H,6,16-20H2,1-5H3. The average molecular weight is 603 g/mol. The molecule has 0 saturated carbocycles. The van der Waals surface area contributed by atoms with Crippen LogP contribution in [0.1, 0.15) is 77.3 Å². The van der Waals surface area contributed by atoms with Gasteiger partial charge in [0.2, 0.25) is 0 Å². The van der Waals surface area contributed by atoms with Gasteiger partial charge in [-0.15, -0.1) is 0 Å². The smallest absolute Gasteiger partial charge is 0.162 e. The molecule has 3 aliphatic rings. The maximum atomic E-state index is 13.9. The highest BCUT2D eigenvalue weighted by Gasteiger charge is 2.48. The lowest BCUT2D eigenvalue weighted by atomic mass is 9.63. The maximum absolute atomic E-state index is 13.9. The van der Waals surface area contributed by atoms with Gasteiger partial charge in [0.1, 0.15) is 6.61 Å². The van der Waals surface area contributed by atoms with Crippen molar-refractivity contribution in [3.8, 4) is 5.75 Å². The Kier molecular flexibility index (Phi) is 7.30. The fourth-order valence-corrected chi connectivity index (χ4v) is 7.83. The largest absolute Gasteiger partial charge is 0.486 e. The van der Waals surface area contributed by atoms with E-state index in [0.717, 1.165) is 57.3 Å². The first-order valence-corrected chi connectivity index (χ1v) is 15.5. The molecule has 0 atom stereocenters. The second kappa shape index (κ2) is 10.6. The fourth-order valence-electron chi connectivity index (χ4n) is 7.22. The van der Waals surface area contributed by atoms with Crippen LogP contribution in [0.15, 0.2) is 77.1 Å². The van der Waals surface area contributed by atoms with Crippen LogP contribution in [0.25, 0.3) is 10.8 Å². The number of ether oxygens (including phenoxy) is 1. The van der Waals surface area contributed by atoms with Gasteiger partial charge in [-0.2, -0.15) is 0 Å². The molecule has 0 aromatic heterocycles. The van der Waals surface area contributed by atoms with E-state index in [2.05, 4.69) is 57.7 Å². The number of fused-ring (bicyclic) bond motifs is 1. The van der Waals surface area contributed by atoms with E-state index in [1.807, 2.05) is 36.4 Å². The molecular weight excluding hydrogens is 565 g/mol. The first-order valence-electron chi connectivity index (χ1n) is 14.8. The third-order valence-corrected chi connectivity index (χ3v) is 9.51. The zero-order valence-electron chi connectivity index (χ0n) is 24.9. The summed E-state index contributed by atoms with van der Waals surface area (Å²) in [6, 6.07) is 18.0. The van der Waals surface area contributed by atoms with E-state index in [1.165, 1.54) is 0 Å². The summed E-state index contributed by atoms with van der Waals surface area (Å²) in [4.78, 5) is 30.0. The Labute approximate surface area is 258 Å². The van der Waals surface area contributed by atoms with Gasteiger partial charge < -0.3 is 9.64 Å². The number of Topliss-reactive ketones (excluding diaryl/α,β-unsaturated/α-hetero) is 2. The van der Waals surface area contributed by atoms with Crippen LogP contribution >= 0.6 is 23.2 Å². The highest BCUT2D eigenvalue weighted by atomic mass is 35.5. The molecule has 0 fully saturated rings. The Balaban J connectivity index is 1.44. The van der Waals surface area contributed by atoms with Gasteiger partial charge in [-0.3, -0.25) is 9.59 Å². The summed E-state index contributed by atoms with van der Waals surface area (Å²) in [5, 5.41) is 2.99. The van der Waals surface area contributed by atoms with Crippen LogP contribution in [0.4, 0.5) is 0 Å². The van der Waals surface area contributed by atoms with E-state index in [-0.39, 0.29) is 22.4 Å². The van der Waals surface area contributed by atoms with Crippen molar-refractivity contribution in [3.05, 3.63) is 98.3 Å². The number of rotatable bonds is 5. The normalized spacial score (nSPS) is 20.2. The van der Waals surface area contributed by atoms with Crippen LogP contribution < -0.4 is 4.74 Å². The molecule has 0 radical (unpaired) electrons. The summed E-state index contributed by atoms with van der Waals surface area (Å²) >= 11 is 13.8. The molecule has 3 aromatic rings. The first-order chi connectivity index (χ1) is 19.9. The van der Waals surface area contributed by atoms with Gasteiger partial charge in [0.05, 0.1) is 10.0 Å². The van der Waals surface area contributed by atoms with Crippen molar-refractivity contribution in [2.24, 2.45) is 10.8 Å². The van der Waals surface area contributed by atoms with Crippen LogP contribution in [0, 0.1) is 10.8 Å². The number of benzene rings is 3. The van der Waals surface area contributed by atoms with Crippen LogP contribution in [-0.4, -0.2) is 23.0 Å². The zero-order chi connectivity index (χ0) is 30.0. The van der Waals surface area contributed by atoms with Gasteiger partial charge >= 0.3 is 0 Å². The predicted octanol–water partition coefficient (Wildman–Crippen LogP) is 9.43. The van der Waals surface area contributed by atoms with Gasteiger partial charge in [0, 0.05) is 47.8 Å². The molecule has 3 aromatic carbocycles. The lowest BCUT2D eigenvalue weighted by Crippen LogP contribution is -2.44. The van der Waals surface area contributed by atoms with Crippen molar-refractivity contribution < 1.29 is 14.3 Å². The molecule has 0 unspecified atom stereocenters. The topological polar surface area (TPSA) is 46.6 Å². The van der Waals surface area contributed by atoms with Crippen LogP contribution in [-0.2, 0) is 16.2 Å². The average Bonchev–Trinajstić information content (AvgIpc) is 2.90. The minimum atomic E-state index is -0.493. The van der Waals surface area contributed by atoms with Gasteiger partial charge in [-0.05, 0) is 64.6 Å². The van der Waals surface area contributed by atoms with Crippen LogP contribution in [0.5, 0.6) is 5.75 Å². The van der Waals surface area contributed by atoms with E-state index in [0.29, 0.717) is 41.8 Å². The third-order valence-electron chi connectivity index (χ3n) is 8.94. The summed E-state index contributed by atoms with van der Waals surface area (Å²) in [7, 11) is 0. The number of carbonyl (C=O) groups excluding carboxylic acids is 2.